The summed E-state index contributed by atoms with van der Waals surface area (Å²) in [6.45, 7) is 2.01. The number of para-hydroxylation sites is 1. The number of halogens is 1. The first kappa shape index (κ1) is 22.8. The molecule has 37 heavy (non-hydrogen) atoms. The zero-order chi connectivity index (χ0) is 25.5. The molecule has 0 aliphatic heterocycles. The van der Waals surface area contributed by atoms with E-state index < -0.39 is 5.82 Å². The van der Waals surface area contributed by atoms with Crippen LogP contribution in [0, 0.1) is 12.7 Å². The summed E-state index contributed by atoms with van der Waals surface area (Å²) in [5, 5.41) is 9.16. The van der Waals surface area contributed by atoms with E-state index in [0.717, 1.165) is 16.8 Å². The molecule has 0 bridgehead atoms. The molecule has 0 unspecified atom stereocenters. The van der Waals surface area contributed by atoms with Gasteiger partial charge < -0.3 is 4.74 Å². The number of aromatic nitrogens is 5. The third-order valence-electron chi connectivity index (χ3n) is 5.97. The van der Waals surface area contributed by atoms with Gasteiger partial charge in [-0.15, -0.1) is 5.10 Å². The van der Waals surface area contributed by atoms with Crippen LogP contribution in [0.25, 0.3) is 39.4 Å². The summed E-state index contributed by atoms with van der Waals surface area (Å²) in [6, 6.07) is 22.1. The minimum Gasteiger partial charge on any atom is -0.494 e. The Balaban J connectivity index is 1.48. The fourth-order valence-electron chi connectivity index (χ4n) is 4.04. The Labute approximate surface area is 214 Å². The van der Waals surface area contributed by atoms with Gasteiger partial charge in [0.05, 0.1) is 17.3 Å². The van der Waals surface area contributed by atoms with Crippen molar-refractivity contribution in [3.05, 3.63) is 111 Å². The van der Waals surface area contributed by atoms with Crippen LogP contribution in [0.4, 0.5) is 4.39 Å². The van der Waals surface area contributed by atoms with Crippen molar-refractivity contribution in [1.82, 2.24) is 24.4 Å². The van der Waals surface area contributed by atoms with Gasteiger partial charge in [0.25, 0.3) is 5.56 Å². The topological polar surface area (TPSA) is 74.3 Å². The molecule has 3 heterocycles. The van der Waals surface area contributed by atoms with Crippen molar-refractivity contribution in [2.75, 3.05) is 7.11 Å². The fraction of sp³-hybridized carbons (Fsp3) is 0.0714. The predicted molar refractivity (Wildman–Crippen MR) is 142 cm³/mol. The Morgan fingerprint density at radius 3 is 2.43 bits per heavy atom. The van der Waals surface area contributed by atoms with E-state index in [4.69, 9.17) is 9.84 Å². The van der Waals surface area contributed by atoms with E-state index in [2.05, 4.69) is 10.1 Å². The average molecular weight is 510 g/mol. The van der Waals surface area contributed by atoms with Crippen molar-refractivity contribution in [2.45, 2.75) is 6.92 Å². The highest BCUT2D eigenvalue weighted by Gasteiger charge is 2.16. The Hall–Kier alpha value is -4.63. The Morgan fingerprint density at radius 1 is 0.973 bits per heavy atom. The molecule has 0 fully saturated rings. The van der Waals surface area contributed by atoms with E-state index in [1.54, 1.807) is 22.9 Å². The third-order valence-corrected chi connectivity index (χ3v) is 6.93. The van der Waals surface area contributed by atoms with E-state index in [9.17, 15) is 9.18 Å². The molecular formula is C28H20FN5O2S. The highest BCUT2D eigenvalue weighted by molar-refractivity contribution is 7.15. The van der Waals surface area contributed by atoms with E-state index >= 15 is 0 Å². The second-order valence-corrected chi connectivity index (χ2v) is 9.48. The van der Waals surface area contributed by atoms with Gasteiger partial charge in [0.2, 0.25) is 4.96 Å². The van der Waals surface area contributed by atoms with Crippen molar-refractivity contribution < 1.29 is 9.13 Å². The van der Waals surface area contributed by atoms with Gasteiger partial charge in [-0.2, -0.15) is 14.6 Å². The number of benzene rings is 3. The standard InChI is InChI=1S/C28H20FN5O2S/c1-17-8-10-18(11-9-17)26-30-28-34(32-26)27(35)24(37-28)15-20-16-33(21-6-4-3-5-7-21)31-25(20)19-12-13-23(36-2)22(29)14-19/h3-16H,1-2H3/b24-15-. The number of rotatable bonds is 5. The van der Waals surface area contributed by atoms with Crippen molar-refractivity contribution in [1.29, 1.82) is 0 Å². The number of nitrogens with zero attached hydrogens (tertiary/aromatic N) is 5. The number of ether oxygens (including phenoxy) is 1. The Bertz CT molecular complexity index is 1860. The van der Waals surface area contributed by atoms with Gasteiger partial charge in [0.15, 0.2) is 17.4 Å². The lowest BCUT2D eigenvalue weighted by Gasteiger charge is -2.04. The summed E-state index contributed by atoms with van der Waals surface area (Å²) in [5.74, 6) is 0.155. The second-order valence-electron chi connectivity index (χ2n) is 8.47. The van der Waals surface area contributed by atoms with Crippen LogP contribution in [0.1, 0.15) is 11.1 Å². The van der Waals surface area contributed by atoms with Crippen LogP contribution in [-0.4, -0.2) is 31.5 Å². The van der Waals surface area contributed by atoms with Crippen LogP contribution >= 0.6 is 11.3 Å². The normalized spacial score (nSPS) is 11.9. The SMILES string of the molecule is COc1ccc(-c2nn(-c3ccccc3)cc2/C=c2\sc3nc(-c4ccc(C)cc4)nn3c2=O)cc1F. The minimum absolute atomic E-state index is 0.147. The van der Waals surface area contributed by atoms with E-state index in [1.165, 1.54) is 29.0 Å². The van der Waals surface area contributed by atoms with Gasteiger partial charge in [-0.05, 0) is 43.3 Å². The number of fused-ring (bicyclic) bond motifs is 1. The van der Waals surface area contributed by atoms with Crippen LogP contribution in [0.3, 0.4) is 0 Å². The van der Waals surface area contributed by atoms with E-state index in [-0.39, 0.29) is 11.3 Å². The summed E-state index contributed by atoms with van der Waals surface area (Å²) >= 11 is 1.25. The monoisotopic (exact) mass is 509 g/mol. The highest BCUT2D eigenvalue weighted by atomic mass is 32.1. The quantitative estimate of drug-likeness (QED) is 0.338. The highest BCUT2D eigenvalue weighted by Crippen LogP contribution is 2.28. The van der Waals surface area contributed by atoms with Crippen LogP contribution in [-0.2, 0) is 0 Å². The maximum Gasteiger partial charge on any atom is 0.291 e. The molecule has 0 saturated carbocycles. The maximum absolute atomic E-state index is 14.5. The van der Waals surface area contributed by atoms with Gasteiger partial charge in [0, 0.05) is 22.9 Å². The molecule has 6 aromatic rings. The summed E-state index contributed by atoms with van der Waals surface area (Å²) in [7, 11) is 1.42. The Kier molecular flexibility index (Phi) is 5.61. The fourth-order valence-corrected chi connectivity index (χ4v) is 4.94. The van der Waals surface area contributed by atoms with Crippen molar-refractivity contribution >= 4 is 22.4 Å². The number of hydrogen-bond donors (Lipinski definition) is 0. The molecule has 0 spiro atoms. The molecule has 0 atom stereocenters. The lowest BCUT2D eigenvalue weighted by molar-refractivity contribution is 0.386. The summed E-state index contributed by atoms with van der Waals surface area (Å²) in [4.78, 5) is 18.3. The second kappa shape index (κ2) is 9.11. The van der Waals surface area contributed by atoms with E-state index in [0.29, 0.717) is 32.1 Å². The average Bonchev–Trinajstić information content (AvgIpc) is 3.60. The van der Waals surface area contributed by atoms with Gasteiger partial charge in [-0.1, -0.05) is 59.4 Å². The molecule has 3 aromatic carbocycles. The van der Waals surface area contributed by atoms with Gasteiger partial charge in [-0.3, -0.25) is 4.79 Å². The molecule has 0 aliphatic rings. The number of thiazole rings is 1. The van der Waals surface area contributed by atoms with Crippen LogP contribution < -0.4 is 14.8 Å². The number of aryl methyl sites for hydroxylation is 1. The smallest absolute Gasteiger partial charge is 0.291 e. The first-order valence-electron chi connectivity index (χ1n) is 11.5. The van der Waals surface area contributed by atoms with Crippen LogP contribution in [0.2, 0.25) is 0 Å². The van der Waals surface area contributed by atoms with Crippen LogP contribution in [0.5, 0.6) is 5.75 Å². The molecule has 0 aliphatic carbocycles. The molecule has 0 amide bonds. The molecule has 0 radical (unpaired) electrons. The van der Waals surface area contributed by atoms with Crippen molar-refractivity contribution in [2.24, 2.45) is 0 Å². The first-order valence-corrected chi connectivity index (χ1v) is 12.3. The summed E-state index contributed by atoms with van der Waals surface area (Å²) < 4.78 is 23.1. The minimum atomic E-state index is -0.493. The number of methoxy groups -OCH3 is 1. The molecular weight excluding hydrogens is 489 g/mol. The maximum atomic E-state index is 14.5. The molecule has 7 nitrogen and oxygen atoms in total. The van der Waals surface area contributed by atoms with E-state index in [1.807, 2.05) is 67.7 Å². The predicted octanol–water partition coefficient (Wildman–Crippen LogP) is 4.67. The summed E-state index contributed by atoms with van der Waals surface area (Å²) in [6.07, 6.45) is 3.57. The van der Waals surface area contributed by atoms with Crippen molar-refractivity contribution in [3.8, 4) is 34.1 Å². The van der Waals surface area contributed by atoms with Gasteiger partial charge in [-0.25, -0.2) is 9.07 Å². The van der Waals surface area contributed by atoms with Gasteiger partial charge in [0.1, 0.15) is 5.69 Å². The molecule has 3 aromatic heterocycles. The lowest BCUT2D eigenvalue weighted by atomic mass is 10.1. The third kappa shape index (κ3) is 4.19. The lowest BCUT2D eigenvalue weighted by Crippen LogP contribution is -2.23. The molecule has 0 saturated heterocycles. The first-order chi connectivity index (χ1) is 18.0. The van der Waals surface area contributed by atoms with Crippen LogP contribution in [0.15, 0.2) is 83.8 Å². The molecule has 182 valence electrons. The molecule has 9 heteroatoms. The van der Waals surface area contributed by atoms with Crippen molar-refractivity contribution in [3.63, 3.8) is 0 Å². The zero-order valence-electron chi connectivity index (χ0n) is 19.9. The molecule has 6 rings (SSSR count). The Morgan fingerprint density at radius 2 is 1.73 bits per heavy atom. The largest absolute Gasteiger partial charge is 0.494 e. The zero-order valence-corrected chi connectivity index (χ0v) is 20.7. The molecule has 0 N–H and O–H groups in total. The number of hydrogen-bond acceptors (Lipinski definition) is 6. The van der Waals surface area contributed by atoms with Gasteiger partial charge >= 0.3 is 0 Å². The summed E-state index contributed by atoms with van der Waals surface area (Å²) in [5.41, 5.74) is 4.30.